The number of hydrogen-bond donors (Lipinski definition) is 2. The summed E-state index contributed by atoms with van der Waals surface area (Å²) in [5.74, 6) is -0.134. The van der Waals surface area contributed by atoms with Gasteiger partial charge in [0.05, 0.1) is 6.61 Å². The molecule has 0 aliphatic heterocycles. The van der Waals surface area contributed by atoms with Crippen molar-refractivity contribution in [1.29, 1.82) is 0 Å². The fourth-order valence-electron chi connectivity index (χ4n) is 1.67. The molecular formula is C11H23ClN2O3. The largest absolute Gasteiger partial charge is 0.385 e. The molecule has 1 saturated carbocycles. The van der Waals surface area contributed by atoms with Gasteiger partial charge in [-0.1, -0.05) is 0 Å². The fraction of sp³-hybridized carbons (Fsp3) is 0.909. The predicted octanol–water partition coefficient (Wildman–Crippen LogP) is 0.315. The van der Waals surface area contributed by atoms with Crippen molar-refractivity contribution in [1.82, 2.24) is 5.32 Å². The van der Waals surface area contributed by atoms with Crippen LogP contribution in [0.1, 0.15) is 19.3 Å². The molecule has 6 heteroatoms. The third-order valence-corrected chi connectivity index (χ3v) is 3.11. The quantitative estimate of drug-likeness (QED) is 0.663. The third kappa shape index (κ3) is 5.68. The second-order valence-corrected chi connectivity index (χ2v) is 4.52. The van der Waals surface area contributed by atoms with Crippen molar-refractivity contribution in [3.8, 4) is 0 Å². The molecular weight excluding hydrogens is 244 g/mol. The number of nitrogens with two attached hydrogens (primary N) is 1. The van der Waals surface area contributed by atoms with E-state index in [-0.39, 0.29) is 30.3 Å². The van der Waals surface area contributed by atoms with Crippen LogP contribution in [0, 0.1) is 5.41 Å². The summed E-state index contributed by atoms with van der Waals surface area (Å²) in [6, 6.07) is -0.566. The van der Waals surface area contributed by atoms with Gasteiger partial charge < -0.3 is 20.5 Å². The summed E-state index contributed by atoms with van der Waals surface area (Å²) in [5, 5.41) is 2.88. The van der Waals surface area contributed by atoms with Gasteiger partial charge in [-0.05, 0) is 24.7 Å². The maximum absolute atomic E-state index is 11.5. The van der Waals surface area contributed by atoms with Crippen LogP contribution < -0.4 is 11.1 Å². The molecule has 1 aliphatic rings. The number of ether oxygens (including phenoxy) is 2. The molecule has 17 heavy (non-hydrogen) atoms. The average Bonchev–Trinajstić information content (AvgIpc) is 3.04. The topological polar surface area (TPSA) is 73.6 Å². The molecule has 1 amide bonds. The van der Waals surface area contributed by atoms with Crippen molar-refractivity contribution in [2.75, 3.05) is 34.0 Å². The number of methoxy groups -OCH3 is 2. The first-order valence-corrected chi connectivity index (χ1v) is 5.65. The number of halogens is 1. The van der Waals surface area contributed by atoms with E-state index >= 15 is 0 Å². The summed E-state index contributed by atoms with van der Waals surface area (Å²) in [6.07, 6.45) is 3.33. The highest BCUT2D eigenvalue weighted by Crippen LogP contribution is 2.48. The Bertz CT molecular complexity index is 235. The Balaban J connectivity index is 0.00000256. The Hall–Kier alpha value is -0.360. The lowest BCUT2D eigenvalue weighted by atomic mass is 10.0. The van der Waals surface area contributed by atoms with Crippen molar-refractivity contribution < 1.29 is 14.3 Å². The SMILES string of the molecule is COCCC1(CNC(=O)C(N)COC)CC1.Cl. The van der Waals surface area contributed by atoms with Crippen LogP contribution in [0.4, 0.5) is 0 Å². The van der Waals surface area contributed by atoms with Crippen LogP contribution in [0.3, 0.4) is 0 Å². The van der Waals surface area contributed by atoms with Crippen LogP contribution in [0.15, 0.2) is 0 Å². The molecule has 5 nitrogen and oxygen atoms in total. The molecule has 0 radical (unpaired) electrons. The number of rotatable bonds is 8. The van der Waals surface area contributed by atoms with Crippen LogP contribution >= 0.6 is 12.4 Å². The van der Waals surface area contributed by atoms with E-state index in [1.54, 1.807) is 7.11 Å². The van der Waals surface area contributed by atoms with Crippen molar-refractivity contribution in [3.63, 3.8) is 0 Å². The van der Waals surface area contributed by atoms with Gasteiger partial charge in [0, 0.05) is 27.4 Å². The minimum Gasteiger partial charge on any atom is -0.385 e. The highest BCUT2D eigenvalue weighted by atomic mass is 35.5. The molecule has 1 rings (SSSR count). The van der Waals surface area contributed by atoms with E-state index in [9.17, 15) is 4.79 Å². The molecule has 0 aromatic carbocycles. The second kappa shape index (κ2) is 7.87. The van der Waals surface area contributed by atoms with Crippen LogP contribution in [-0.2, 0) is 14.3 Å². The van der Waals surface area contributed by atoms with Gasteiger partial charge in [-0.3, -0.25) is 4.79 Å². The monoisotopic (exact) mass is 266 g/mol. The lowest BCUT2D eigenvalue weighted by molar-refractivity contribution is -0.123. The minimum absolute atomic E-state index is 0. The summed E-state index contributed by atoms with van der Waals surface area (Å²) >= 11 is 0. The van der Waals surface area contributed by atoms with E-state index in [1.165, 1.54) is 7.11 Å². The molecule has 1 atom stereocenters. The number of hydrogen-bond acceptors (Lipinski definition) is 4. The summed E-state index contributed by atoms with van der Waals surface area (Å²) < 4.78 is 9.88. The van der Waals surface area contributed by atoms with E-state index in [0.717, 1.165) is 25.9 Å². The average molecular weight is 267 g/mol. The van der Waals surface area contributed by atoms with Crippen LogP contribution in [0.5, 0.6) is 0 Å². The second-order valence-electron chi connectivity index (χ2n) is 4.52. The molecule has 0 spiro atoms. The van der Waals surface area contributed by atoms with E-state index in [1.807, 2.05) is 0 Å². The molecule has 1 fully saturated rings. The van der Waals surface area contributed by atoms with Gasteiger partial charge in [0.15, 0.2) is 0 Å². The zero-order valence-corrected chi connectivity index (χ0v) is 11.3. The van der Waals surface area contributed by atoms with E-state index in [2.05, 4.69) is 5.32 Å². The summed E-state index contributed by atoms with van der Waals surface area (Å²) in [4.78, 5) is 11.5. The van der Waals surface area contributed by atoms with Gasteiger partial charge in [-0.2, -0.15) is 0 Å². The normalized spacial score (nSPS) is 18.1. The molecule has 102 valence electrons. The lowest BCUT2D eigenvalue weighted by Gasteiger charge is -2.17. The van der Waals surface area contributed by atoms with Gasteiger partial charge >= 0.3 is 0 Å². The van der Waals surface area contributed by atoms with Crippen LogP contribution in [-0.4, -0.2) is 45.9 Å². The number of amides is 1. The fourth-order valence-corrected chi connectivity index (χ4v) is 1.67. The van der Waals surface area contributed by atoms with Crippen molar-refractivity contribution in [3.05, 3.63) is 0 Å². The van der Waals surface area contributed by atoms with Gasteiger partial charge in [-0.25, -0.2) is 0 Å². The Labute approximate surface area is 109 Å². The molecule has 3 N–H and O–H groups in total. The Morgan fingerprint density at radius 2 is 2.06 bits per heavy atom. The summed E-state index contributed by atoms with van der Waals surface area (Å²) in [5.41, 5.74) is 5.88. The zero-order chi connectivity index (χ0) is 12.0. The molecule has 0 aromatic heterocycles. The van der Waals surface area contributed by atoms with Gasteiger partial charge in [0.2, 0.25) is 5.91 Å². The molecule has 0 bridgehead atoms. The highest BCUT2D eigenvalue weighted by molar-refractivity contribution is 5.85. The number of nitrogens with one attached hydrogen (secondary N) is 1. The number of carbonyl (C=O) groups excluding carboxylic acids is 1. The van der Waals surface area contributed by atoms with E-state index in [0.29, 0.717) is 6.54 Å². The van der Waals surface area contributed by atoms with E-state index in [4.69, 9.17) is 15.2 Å². The van der Waals surface area contributed by atoms with Gasteiger partial charge in [0.25, 0.3) is 0 Å². The van der Waals surface area contributed by atoms with E-state index < -0.39 is 6.04 Å². The van der Waals surface area contributed by atoms with Gasteiger partial charge in [0.1, 0.15) is 6.04 Å². The Kier molecular flexibility index (Phi) is 7.70. The lowest BCUT2D eigenvalue weighted by Crippen LogP contribution is -2.45. The number of carbonyl (C=O) groups is 1. The summed E-state index contributed by atoms with van der Waals surface area (Å²) in [7, 11) is 3.23. The van der Waals surface area contributed by atoms with Crippen molar-refractivity contribution in [2.45, 2.75) is 25.3 Å². The molecule has 0 heterocycles. The molecule has 0 aromatic rings. The van der Waals surface area contributed by atoms with Crippen molar-refractivity contribution in [2.24, 2.45) is 11.1 Å². The molecule has 1 unspecified atom stereocenters. The molecule has 0 saturated heterocycles. The maximum Gasteiger partial charge on any atom is 0.239 e. The first-order valence-electron chi connectivity index (χ1n) is 5.65. The first kappa shape index (κ1) is 16.6. The predicted molar refractivity (Wildman–Crippen MR) is 68.3 cm³/mol. The molecule has 1 aliphatic carbocycles. The Morgan fingerprint density at radius 3 is 2.53 bits per heavy atom. The summed E-state index contributed by atoms with van der Waals surface area (Å²) in [6.45, 7) is 1.71. The smallest absolute Gasteiger partial charge is 0.239 e. The minimum atomic E-state index is -0.566. The Morgan fingerprint density at radius 1 is 1.41 bits per heavy atom. The maximum atomic E-state index is 11.5. The standard InChI is InChI=1S/C11H22N2O3.ClH/c1-15-6-5-11(3-4-11)8-13-10(14)9(12)7-16-2;/h9H,3-8,12H2,1-2H3,(H,13,14);1H. The third-order valence-electron chi connectivity index (χ3n) is 3.11. The van der Waals surface area contributed by atoms with Crippen molar-refractivity contribution >= 4 is 18.3 Å². The zero-order valence-electron chi connectivity index (χ0n) is 10.5. The van der Waals surface area contributed by atoms with Crippen LogP contribution in [0.25, 0.3) is 0 Å². The first-order chi connectivity index (χ1) is 7.63. The van der Waals surface area contributed by atoms with Gasteiger partial charge in [-0.15, -0.1) is 12.4 Å². The highest BCUT2D eigenvalue weighted by Gasteiger charge is 2.42. The van der Waals surface area contributed by atoms with Crippen LogP contribution in [0.2, 0.25) is 0 Å².